The molecule has 0 saturated heterocycles. The molecule has 5 aromatic rings. The second-order valence-electron chi connectivity index (χ2n) is 9.92. The first kappa shape index (κ1) is 28.2. The van der Waals surface area contributed by atoms with Crippen LogP contribution in [0.1, 0.15) is 0 Å². The molecule has 0 aliphatic rings. The number of aromatic nitrogens is 1. The van der Waals surface area contributed by atoms with Gasteiger partial charge in [0.25, 0.3) is 15.7 Å². The minimum atomic E-state index is -4.29. The predicted octanol–water partition coefficient (Wildman–Crippen LogP) is 3.31. The van der Waals surface area contributed by atoms with E-state index in [2.05, 4.69) is 19.0 Å². The number of nitro benzene ring substituents is 1. The van der Waals surface area contributed by atoms with Crippen molar-refractivity contribution in [2.45, 2.75) is 24.4 Å². The Morgan fingerprint density at radius 2 is 1.71 bits per heavy atom. The van der Waals surface area contributed by atoms with Gasteiger partial charge in [0.15, 0.2) is 7.28 Å². The molecular weight excluding hydrogens is 543 g/mol. The summed E-state index contributed by atoms with van der Waals surface area (Å²) in [4.78, 5) is 10.3. The largest absolute Gasteiger partial charge is 0.497 e. The van der Waals surface area contributed by atoms with E-state index in [9.17, 15) is 18.5 Å². The van der Waals surface area contributed by atoms with E-state index in [0.29, 0.717) is 5.75 Å². The van der Waals surface area contributed by atoms with Crippen LogP contribution < -0.4 is 20.0 Å². The van der Waals surface area contributed by atoms with E-state index in [4.69, 9.17) is 4.74 Å². The number of halogens is 1. The first-order chi connectivity index (χ1) is 19.6. The van der Waals surface area contributed by atoms with Gasteiger partial charge in [-0.15, -0.1) is 0 Å². The zero-order chi connectivity index (χ0) is 29.3. The van der Waals surface area contributed by atoms with Gasteiger partial charge in [-0.05, 0) is 36.4 Å². The van der Waals surface area contributed by atoms with E-state index in [1.165, 1.54) is 18.6 Å². The highest BCUT2D eigenvalue weighted by Gasteiger charge is 2.29. The van der Waals surface area contributed by atoms with Crippen LogP contribution in [0.2, 0.25) is 6.82 Å². The Morgan fingerprint density at radius 1 is 1.02 bits per heavy atom. The van der Waals surface area contributed by atoms with Crippen molar-refractivity contribution in [2.75, 3.05) is 18.0 Å². The molecule has 0 amide bonds. The molecule has 41 heavy (non-hydrogen) atoms. The summed E-state index contributed by atoms with van der Waals surface area (Å²) in [7, 11) is 0.0537. The Balaban J connectivity index is 1.55. The van der Waals surface area contributed by atoms with Crippen molar-refractivity contribution in [3.05, 3.63) is 95.0 Å². The van der Waals surface area contributed by atoms with E-state index in [0.717, 1.165) is 63.1 Å². The average Bonchev–Trinajstić information content (AvgIpc) is 3.27. The third-order valence-electron chi connectivity index (χ3n) is 7.21. The van der Waals surface area contributed by atoms with Gasteiger partial charge in [0.2, 0.25) is 0 Å². The van der Waals surface area contributed by atoms with Gasteiger partial charge in [0.1, 0.15) is 19.8 Å². The van der Waals surface area contributed by atoms with Gasteiger partial charge in [-0.25, -0.2) is 12.8 Å². The zero-order valence-electron chi connectivity index (χ0n) is 23.0. The summed E-state index contributed by atoms with van der Waals surface area (Å²) < 4.78 is 52.0. The summed E-state index contributed by atoms with van der Waals surface area (Å²) in [5.41, 5.74) is 3.98. The molecule has 5 rings (SSSR count). The molecule has 0 aliphatic heterocycles. The van der Waals surface area contributed by atoms with Crippen LogP contribution in [-0.4, -0.2) is 52.9 Å². The molecule has 208 valence electrons. The number of benzene rings is 4. The maximum atomic E-state index is 16.1. The lowest BCUT2D eigenvalue weighted by atomic mass is 9.73. The molecule has 1 unspecified atom stereocenters. The molecule has 1 aromatic heterocycles. The number of alkyl halides is 1. The molecule has 0 spiro atoms. The summed E-state index contributed by atoms with van der Waals surface area (Å²) >= 11 is 0. The van der Waals surface area contributed by atoms with Crippen LogP contribution in [0.5, 0.6) is 5.75 Å². The normalized spacial score (nSPS) is 12.4. The number of rotatable bonds is 10. The fraction of sp³-hybridized carbons (Fsp3) is 0.172. The predicted molar refractivity (Wildman–Crippen MR) is 166 cm³/mol. The molecular formula is C29H28B2FN3O5S. The number of nitrogens with zero attached hydrogens (tertiary/aromatic N) is 3. The molecule has 4 aromatic carbocycles. The van der Waals surface area contributed by atoms with E-state index in [1.54, 1.807) is 18.2 Å². The Kier molecular flexibility index (Phi) is 7.77. The fourth-order valence-electron chi connectivity index (χ4n) is 5.09. The van der Waals surface area contributed by atoms with E-state index >= 15 is 4.39 Å². The first-order valence-corrected chi connectivity index (χ1v) is 14.6. The summed E-state index contributed by atoms with van der Waals surface area (Å²) in [5, 5.41) is 13.2. The third kappa shape index (κ3) is 5.52. The summed E-state index contributed by atoms with van der Waals surface area (Å²) in [6.07, 6.45) is -1.60. The maximum absolute atomic E-state index is 16.1. The lowest BCUT2D eigenvalue weighted by Crippen LogP contribution is -2.37. The third-order valence-corrected chi connectivity index (χ3v) is 9.02. The Bertz CT molecular complexity index is 1860. The van der Waals surface area contributed by atoms with Gasteiger partial charge >= 0.3 is 0 Å². The minimum Gasteiger partial charge on any atom is -0.497 e. The number of sulfonamides is 1. The fourth-order valence-corrected chi connectivity index (χ4v) is 6.58. The zero-order valence-corrected chi connectivity index (χ0v) is 23.8. The number of ether oxygens (including phenoxy) is 1. The van der Waals surface area contributed by atoms with Crippen molar-refractivity contribution in [1.82, 2.24) is 4.57 Å². The Hall–Kier alpha value is -4.31. The highest BCUT2D eigenvalue weighted by Crippen LogP contribution is 2.31. The molecule has 1 atom stereocenters. The van der Waals surface area contributed by atoms with Crippen molar-refractivity contribution in [2.24, 2.45) is 0 Å². The molecule has 0 saturated carbocycles. The van der Waals surface area contributed by atoms with Crippen LogP contribution in [0.15, 0.2) is 89.8 Å². The van der Waals surface area contributed by atoms with Crippen molar-refractivity contribution in [3.63, 3.8) is 0 Å². The molecule has 0 fully saturated rings. The van der Waals surface area contributed by atoms with E-state index < -0.39 is 27.7 Å². The molecule has 0 N–H and O–H groups in total. The van der Waals surface area contributed by atoms with Gasteiger partial charge < -0.3 is 9.30 Å². The van der Waals surface area contributed by atoms with Crippen LogP contribution >= 0.6 is 0 Å². The highest BCUT2D eigenvalue weighted by atomic mass is 32.2. The second-order valence-corrected chi connectivity index (χ2v) is 11.8. The van der Waals surface area contributed by atoms with Gasteiger partial charge in [0.05, 0.1) is 35.7 Å². The summed E-state index contributed by atoms with van der Waals surface area (Å²) in [6.45, 7) is 1.53. The topological polar surface area (TPSA) is 94.7 Å². The van der Waals surface area contributed by atoms with Gasteiger partial charge in [-0.3, -0.25) is 14.4 Å². The monoisotopic (exact) mass is 571 g/mol. The Morgan fingerprint density at radius 3 is 2.37 bits per heavy atom. The number of methoxy groups -OCH3 is 1. The van der Waals surface area contributed by atoms with Crippen LogP contribution in [0.25, 0.3) is 21.8 Å². The lowest BCUT2D eigenvalue weighted by molar-refractivity contribution is -0.384. The SMILES string of the molecule is Bc1ccc2c(c1)c1cc(BC)ccc1n2CC(F)CN(c1cccc(OC)c1)S(=O)(=O)c1ccc([N+](=O)[O-])cc1. The number of fused-ring (bicyclic) bond motifs is 3. The molecule has 12 heteroatoms. The van der Waals surface area contributed by atoms with Crippen molar-refractivity contribution in [3.8, 4) is 5.75 Å². The van der Waals surface area contributed by atoms with E-state index in [-0.39, 0.29) is 22.8 Å². The molecule has 8 nitrogen and oxygen atoms in total. The molecule has 0 aliphatic carbocycles. The van der Waals surface area contributed by atoms with Crippen LogP contribution in [0.3, 0.4) is 0 Å². The standard InChI is InChI=1S/C29H28B2FN3O5S/c1-31-20-7-13-29-27(15-20)26-14-19(30)6-12-28(26)33(29)17-21(32)18-34(23-4-3-5-24(16-23)40-2)41(38,39)25-10-8-22(9-11-25)35(36)37/h3-16,21,31H,17-18,30H2,1-2H3. The average molecular weight is 571 g/mol. The van der Waals surface area contributed by atoms with Crippen molar-refractivity contribution in [1.29, 1.82) is 0 Å². The maximum Gasteiger partial charge on any atom is 0.269 e. The number of anilines is 1. The quantitative estimate of drug-likeness (QED) is 0.146. The first-order valence-electron chi connectivity index (χ1n) is 13.2. The van der Waals surface area contributed by atoms with Gasteiger partial charge in [-0.1, -0.05) is 48.1 Å². The smallest absolute Gasteiger partial charge is 0.269 e. The van der Waals surface area contributed by atoms with Crippen LogP contribution in [-0.2, 0) is 16.6 Å². The minimum absolute atomic E-state index is 0.0786. The number of nitro groups is 1. The Labute approximate surface area is 239 Å². The number of hydrogen-bond donors (Lipinski definition) is 0. The molecule has 1 heterocycles. The second kappa shape index (κ2) is 11.3. The number of non-ortho nitro benzene ring substituents is 1. The molecule has 0 bridgehead atoms. The van der Waals surface area contributed by atoms with Gasteiger partial charge in [-0.2, -0.15) is 0 Å². The lowest BCUT2D eigenvalue weighted by Gasteiger charge is -2.27. The van der Waals surface area contributed by atoms with Crippen molar-refractivity contribution < 1.29 is 22.5 Å². The number of hydrogen-bond acceptors (Lipinski definition) is 5. The molecule has 0 radical (unpaired) electrons. The van der Waals surface area contributed by atoms with Crippen LogP contribution in [0.4, 0.5) is 15.8 Å². The summed E-state index contributed by atoms with van der Waals surface area (Å²) in [5.74, 6) is 0.409. The van der Waals surface area contributed by atoms with Crippen molar-refractivity contribution >= 4 is 69.3 Å². The highest BCUT2D eigenvalue weighted by molar-refractivity contribution is 7.92. The van der Waals surface area contributed by atoms with Gasteiger partial charge in [0, 0.05) is 40.0 Å². The summed E-state index contributed by atoms with van der Waals surface area (Å²) in [6, 6.07) is 23.1. The van der Waals surface area contributed by atoms with E-state index in [1.807, 2.05) is 36.7 Å². The van der Waals surface area contributed by atoms with Crippen LogP contribution in [0, 0.1) is 10.1 Å².